The molecule has 0 spiro atoms. The number of anilines is 1. The summed E-state index contributed by atoms with van der Waals surface area (Å²) in [6, 6.07) is 3.72. The summed E-state index contributed by atoms with van der Waals surface area (Å²) < 4.78 is 88.0. The van der Waals surface area contributed by atoms with E-state index in [2.05, 4.69) is 4.18 Å². The molecule has 0 aromatic heterocycles. The summed E-state index contributed by atoms with van der Waals surface area (Å²) in [5, 5.41) is -0.537. The van der Waals surface area contributed by atoms with Crippen LogP contribution in [0.2, 0.25) is 0 Å². The molecule has 0 fully saturated rings. The minimum atomic E-state index is -4.86. The Morgan fingerprint density at radius 1 is 1.00 bits per heavy atom. The molecule has 0 aliphatic heterocycles. The Kier molecular flexibility index (Phi) is 4.36. The van der Waals surface area contributed by atoms with Crippen LogP contribution in [0.3, 0.4) is 0 Å². The molecule has 1 atom stereocenters. The molecule has 10 nitrogen and oxygen atoms in total. The molecule has 0 bridgehead atoms. The number of nitrogen functional groups attached to an aromatic ring is 1. The molecule has 0 heterocycles. The zero-order chi connectivity index (χ0) is 17.6. The molecule has 0 amide bonds. The fraction of sp³-hybridized carbons (Fsp3) is 0. The number of benzene rings is 2. The normalized spacial score (nSPS) is 13.9. The fourth-order valence-corrected chi connectivity index (χ4v) is 3.57. The van der Waals surface area contributed by atoms with Crippen molar-refractivity contribution in [2.45, 2.75) is 9.79 Å². The van der Waals surface area contributed by atoms with Crippen LogP contribution in [-0.4, -0.2) is 34.7 Å². The molecule has 13 heteroatoms. The highest BCUT2D eigenvalue weighted by Crippen LogP contribution is 2.36. The average Bonchev–Trinajstić information content (AvgIpc) is 2.34. The predicted molar refractivity (Wildman–Crippen MR) is 79.4 cm³/mol. The van der Waals surface area contributed by atoms with Gasteiger partial charge in [0.05, 0.1) is 10.6 Å². The highest BCUT2D eigenvalue weighted by molar-refractivity contribution is 7.86. The van der Waals surface area contributed by atoms with Crippen LogP contribution >= 0.6 is 0 Å². The van der Waals surface area contributed by atoms with Crippen molar-refractivity contribution in [1.82, 2.24) is 0 Å². The van der Waals surface area contributed by atoms with E-state index in [-0.39, 0.29) is 5.39 Å². The summed E-state index contributed by atoms with van der Waals surface area (Å²) in [5.74, 6) is -0.513. The van der Waals surface area contributed by atoms with Gasteiger partial charge >= 0.3 is 11.4 Å². The van der Waals surface area contributed by atoms with Crippen molar-refractivity contribution in [3.05, 3.63) is 24.3 Å². The Bertz CT molecular complexity index is 1030. The summed E-state index contributed by atoms with van der Waals surface area (Å²) >= 11 is -2.86. The van der Waals surface area contributed by atoms with Crippen molar-refractivity contribution in [3.8, 4) is 5.75 Å². The highest BCUT2D eigenvalue weighted by Gasteiger charge is 2.23. The van der Waals surface area contributed by atoms with Crippen molar-refractivity contribution in [2.24, 2.45) is 0 Å². The lowest BCUT2D eigenvalue weighted by atomic mass is 10.1. The van der Waals surface area contributed by atoms with Crippen molar-refractivity contribution in [1.29, 1.82) is 0 Å². The molecule has 5 N–H and O–H groups in total. The first-order valence-corrected chi connectivity index (χ1v) is 9.43. The lowest BCUT2D eigenvalue weighted by Crippen LogP contribution is -2.07. The summed E-state index contributed by atoms with van der Waals surface area (Å²) in [6.45, 7) is 0. The molecule has 0 aliphatic rings. The van der Waals surface area contributed by atoms with Gasteiger partial charge in [-0.25, -0.2) is 0 Å². The summed E-state index contributed by atoms with van der Waals surface area (Å²) in [5.41, 5.74) is 5.08. The Labute approximate surface area is 132 Å². The maximum atomic E-state index is 11.5. The first-order chi connectivity index (χ1) is 10.4. The van der Waals surface area contributed by atoms with Crippen molar-refractivity contribution in [2.75, 3.05) is 5.73 Å². The molecule has 2 aromatic rings. The van der Waals surface area contributed by atoms with Crippen LogP contribution < -0.4 is 9.92 Å². The van der Waals surface area contributed by atoms with Gasteiger partial charge in [0.2, 0.25) is 0 Å². The Morgan fingerprint density at radius 3 is 2.09 bits per heavy atom. The second kappa shape index (κ2) is 5.70. The third kappa shape index (κ3) is 3.60. The van der Waals surface area contributed by atoms with E-state index in [0.717, 1.165) is 18.2 Å². The lowest BCUT2D eigenvalue weighted by molar-refractivity contribution is 0.457. The van der Waals surface area contributed by atoms with E-state index in [0.29, 0.717) is 0 Å². The van der Waals surface area contributed by atoms with Gasteiger partial charge in [-0.05, 0) is 18.2 Å². The van der Waals surface area contributed by atoms with E-state index in [1.165, 1.54) is 6.07 Å². The smallest absolute Gasteiger partial charge is 0.357 e. The first kappa shape index (κ1) is 17.6. The van der Waals surface area contributed by atoms with Crippen LogP contribution in [0.15, 0.2) is 34.1 Å². The molecule has 0 saturated heterocycles. The molecule has 1 unspecified atom stereocenters. The van der Waals surface area contributed by atoms with Gasteiger partial charge < -0.3 is 9.92 Å². The van der Waals surface area contributed by atoms with Gasteiger partial charge in [0.15, 0.2) is 5.75 Å². The largest absolute Gasteiger partial charge is 0.398 e. The molecule has 0 saturated carbocycles. The van der Waals surface area contributed by atoms with Crippen molar-refractivity contribution < 1.29 is 38.9 Å². The summed E-state index contributed by atoms with van der Waals surface area (Å²) in [7, 11) is -9.67. The van der Waals surface area contributed by atoms with E-state index in [1.807, 2.05) is 0 Å². The highest BCUT2D eigenvalue weighted by atomic mass is 32.2. The molecule has 0 radical (unpaired) electrons. The monoisotopic (exact) mass is 383 g/mol. The maximum Gasteiger partial charge on any atom is 0.357 e. The van der Waals surface area contributed by atoms with Gasteiger partial charge in [-0.1, -0.05) is 0 Å². The van der Waals surface area contributed by atoms with E-state index in [9.17, 15) is 25.6 Å². The second-order valence-corrected chi connectivity index (χ2v) is 7.63. The van der Waals surface area contributed by atoms with Gasteiger partial charge in [0.25, 0.3) is 20.2 Å². The molecular weight excluding hydrogens is 374 g/mol. The minimum absolute atomic E-state index is 0.123. The van der Waals surface area contributed by atoms with E-state index in [1.54, 1.807) is 0 Å². The van der Waals surface area contributed by atoms with E-state index < -0.39 is 58.2 Å². The quantitative estimate of drug-likeness (QED) is 0.328. The van der Waals surface area contributed by atoms with Crippen LogP contribution in [0.5, 0.6) is 5.75 Å². The Hall–Kier alpha value is -1.77. The number of nitrogens with two attached hydrogens (primary N) is 1. The van der Waals surface area contributed by atoms with Gasteiger partial charge in [0, 0.05) is 16.8 Å². The molecule has 2 rings (SSSR count). The lowest BCUT2D eigenvalue weighted by Gasteiger charge is -2.12. The maximum absolute atomic E-state index is 11.5. The second-order valence-electron chi connectivity index (χ2n) is 4.25. The molecule has 0 aliphatic carbocycles. The van der Waals surface area contributed by atoms with Crippen molar-refractivity contribution in [3.63, 3.8) is 0 Å². The Balaban J connectivity index is 3.05. The molecule has 2 aromatic carbocycles. The SMILES string of the molecule is Nc1ccc2c(OS(=O)O)cc(S(=O)(=O)O)cc2c1S(=O)(=O)O. The average molecular weight is 383 g/mol. The van der Waals surface area contributed by atoms with Gasteiger partial charge in [-0.2, -0.15) is 21.0 Å². The number of hydrogen-bond donors (Lipinski definition) is 4. The van der Waals surface area contributed by atoms with Gasteiger partial charge in [0.1, 0.15) is 4.90 Å². The number of fused-ring (bicyclic) bond motifs is 1. The zero-order valence-electron chi connectivity index (χ0n) is 10.9. The standard InChI is InChI=1S/C10H9NO9S3/c11-8-2-1-6-7(10(8)23(17,18)19)3-5(22(14,15)16)4-9(6)20-21(12)13/h1-4H,11H2,(H,12,13)(H,14,15,16)(H,17,18,19). The molecule has 126 valence electrons. The van der Waals surface area contributed by atoms with Crippen LogP contribution in [0, 0.1) is 0 Å². The number of rotatable bonds is 4. The predicted octanol–water partition coefficient (Wildman–Crippen LogP) is 0.431. The van der Waals surface area contributed by atoms with Gasteiger partial charge in [-0.3, -0.25) is 13.7 Å². The molecular formula is C10H9NO9S3. The Morgan fingerprint density at radius 2 is 1.61 bits per heavy atom. The third-order valence-electron chi connectivity index (χ3n) is 2.77. The van der Waals surface area contributed by atoms with Crippen molar-refractivity contribution >= 4 is 48.1 Å². The van der Waals surface area contributed by atoms with Gasteiger partial charge in [-0.15, -0.1) is 0 Å². The minimum Gasteiger partial charge on any atom is -0.398 e. The molecule has 23 heavy (non-hydrogen) atoms. The van der Waals surface area contributed by atoms with Crippen LogP contribution in [0.4, 0.5) is 5.69 Å². The first-order valence-electron chi connectivity index (χ1n) is 5.51. The topological polar surface area (TPSA) is 181 Å². The van der Waals surface area contributed by atoms with Crippen LogP contribution in [0.1, 0.15) is 0 Å². The number of hydrogen-bond acceptors (Lipinski definition) is 7. The fourth-order valence-electron chi connectivity index (χ4n) is 1.95. The summed E-state index contributed by atoms with van der Waals surface area (Å²) in [4.78, 5) is -1.64. The van der Waals surface area contributed by atoms with Crippen LogP contribution in [0.25, 0.3) is 10.8 Å². The zero-order valence-corrected chi connectivity index (χ0v) is 13.4. The third-order valence-corrected chi connectivity index (χ3v) is 4.89. The van der Waals surface area contributed by atoms with E-state index >= 15 is 0 Å². The van der Waals surface area contributed by atoms with Crippen LogP contribution in [-0.2, 0) is 31.6 Å². The van der Waals surface area contributed by atoms with E-state index in [4.69, 9.17) is 14.8 Å². The summed E-state index contributed by atoms with van der Waals surface area (Å²) in [6.07, 6.45) is 0.